The van der Waals surface area contributed by atoms with E-state index in [-0.39, 0.29) is 10.5 Å². The van der Waals surface area contributed by atoms with E-state index < -0.39 is 26.9 Å². The van der Waals surface area contributed by atoms with Gasteiger partial charge in [0.25, 0.3) is 6.43 Å². The standard InChI is InChI=1S/C7H7BrF2N2O3S/c1-15-4-2-3(7(9)10)5(6(8)12-4)16(11,13)14/h2,7H,1H3,(H2,11,13,14). The molecule has 0 atom stereocenters. The number of sulfonamides is 1. The highest BCUT2D eigenvalue weighted by molar-refractivity contribution is 9.10. The number of ether oxygens (including phenoxy) is 1. The van der Waals surface area contributed by atoms with Gasteiger partial charge in [0, 0.05) is 11.6 Å². The number of hydrogen-bond donors (Lipinski definition) is 1. The molecule has 0 aliphatic heterocycles. The quantitative estimate of drug-likeness (QED) is 0.855. The smallest absolute Gasteiger partial charge is 0.265 e. The number of aromatic nitrogens is 1. The van der Waals surface area contributed by atoms with Crippen molar-refractivity contribution in [2.45, 2.75) is 11.3 Å². The zero-order chi connectivity index (χ0) is 12.5. The van der Waals surface area contributed by atoms with Gasteiger partial charge in [-0.05, 0) is 15.9 Å². The van der Waals surface area contributed by atoms with E-state index in [2.05, 4.69) is 25.7 Å². The summed E-state index contributed by atoms with van der Waals surface area (Å²) in [7, 11) is -3.06. The summed E-state index contributed by atoms with van der Waals surface area (Å²) in [5, 5.41) is 4.82. The second-order valence-electron chi connectivity index (χ2n) is 2.72. The Morgan fingerprint density at radius 3 is 2.50 bits per heavy atom. The van der Waals surface area contributed by atoms with Crippen LogP contribution < -0.4 is 9.88 Å². The number of pyridine rings is 1. The van der Waals surface area contributed by atoms with Gasteiger partial charge in [0.1, 0.15) is 9.50 Å². The largest absolute Gasteiger partial charge is 0.481 e. The Morgan fingerprint density at radius 1 is 1.56 bits per heavy atom. The molecule has 16 heavy (non-hydrogen) atoms. The van der Waals surface area contributed by atoms with E-state index in [9.17, 15) is 17.2 Å². The zero-order valence-electron chi connectivity index (χ0n) is 7.95. The minimum absolute atomic E-state index is 0.130. The molecule has 0 radical (unpaired) electrons. The third-order valence-electron chi connectivity index (χ3n) is 1.67. The lowest BCUT2D eigenvalue weighted by molar-refractivity contribution is 0.147. The number of hydrogen-bond acceptors (Lipinski definition) is 4. The number of nitrogens with two attached hydrogens (primary N) is 1. The molecule has 0 saturated carbocycles. The van der Waals surface area contributed by atoms with Crippen molar-refractivity contribution in [3.63, 3.8) is 0 Å². The Balaban J connectivity index is 3.59. The van der Waals surface area contributed by atoms with Gasteiger partial charge in [0.05, 0.1) is 7.11 Å². The molecule has 1 aromatic heterocycles. The summed E-state index contributed by atoms with van der Waals surface area (Å²) in [6.45, 7) is 0. The fourth-order valence-electron chi connectivity index (χ4n) is 1.05. The van der Waals surface area contributed by atoms with Crippen molar-refractivity contribution < 1.29 is 21.9 Å². The van der Waals surface area contributed by atoms with Crippen LogP contribution in [0, 0.1) is 0 Å². The molecule has 5 nitrogen and oxygen atoms in total. The molecule has 0 aliphatic rings. The molecule has 0 aliphatic carbocycles. The molecular weight excluding hydrogens is 310 g/mol. The van der Waals surface area contributed by atoms with Gasteiger partial charge in [-0.25, -0.2) is 27.3 Å². The van der Waals surface area contributed by atoms with E-state index >= 15 is 0 Å². The van der Waals surface area contributed by atoms with Gasteiger partial charge in [0.15, 0.2) is 0 Å². The minimum Gasteiger partial charge on any atom is -0.481 e. The summed E-state index contributed by atoms with van der Waals surface area (Å²) in [4.78, 5) is 2.87. The Labute approximate surface area is 98.8 Å². The molecule has 90 valence electrons. The van der Waals surface area contributed by atoms with Crippen LogP contribution in [-0.2, 0) is 10.0 Å². The van der Waals surface area contributed by atoms with E-state index in [0.29, 0.717) is 0 Å². The van der Waals surface area contributed by atoms with Crippen molar-refractivity contribution in [1.29, 1.82) is 0 Å². The van der Waals surface area contributed by atoms with Crippen molar-refractivity contribution in [3.8, 4) is 5.88 Å². The van der Waals surface area contributed by atoms with E-state index in [1.54, 1.807) is 0 Å². The lowest BCUT2D eigenvalue weighted by Gasteiger charge is -2.10. The normalized spacial score (nSPS) is 11.9. The van der Waals surface area contributed by atoms with Gasteiger partial charge in [-0.1, -0.05) is 0 Å². The van der Waals surface area contributed by atoms with Crippen LogP contribution in [0.5, 0.6) is 5.88 Å². The Morgan fingerprint density at radius 2 is 2.12 bits per heavy atom. The summed E-state index contributed by atoms with van der Waals surface area (Å²) in [5.74, 6) is -0.130. The lowest BCUT2D eigenvalue weighted by atomic mass is 10.3. The molecule has 0 amide bonds. The SMILES string of the molecule is COc1cc(C(F)F)c(S(N)(=O)=O)c(Br)n1. The number of primary sulfonamides is 1. The van der Waals surface area contributed by atoms with E-state index in [4.69, 9.17) is 5.14 Å². The number of alkyl halides is 2. The fraction of sp³-hybridized carbons (Fsp3) is 0.286. The number of nitrogens with zero attached hydrogens (tertiary/aromatic N) is 1. The minimum atomic E-state index is -4.28. The molecule has 1 aromatic rings. The molecule has 0 aromatic carbocycles. The maximum Gasteiger partial charge on any atom is 0.265 e. The first-order chi connectivity index (χ1) is 7.27. The summed E-state index contributed by atoms with van der Waals surface area (Å²) < 4.78 is 51.8. The first kappa shape index (κ1) is 13.3. The summed E-state index contributed by atoms with van der Waals surface area (Å²) >= 11 is 2.76. The molecule has 9 heteroatoms. The zero-order valence-corrected chi connectivity index (χ0v) is 10.3. The maximum atomic E-state index is 12.6. The summed E-state index contributed by atoms with van der Waals surface area (Å²) in [6, 6.07) is 0.829. The highest BCUT2D eigenvalue weighted by atomic mass is 79.9. The predicted molar refractivity (Wildman–Crippen MR) is 54.8 cm³/mol. The van der Waals surface area contributed by atoms with Crippen molar-refractivity contribution >= 4 is 26.0 Å². The van der Waals surface area contributed by atoms with E-state index in [0.717, 1.165) is 6.07 Å². The van der Waals surface area contributed by atoms with Gasteiger partial charge in [-0.3, -0.25) is 0 Å². The van der Waals surface area contributed by atoms with Crippen LogP contribution in [0.15, 0.2) is 15.6 Å². The Kier molecular flexibility index (Phi) is 3.81. The topological polar surface area (TPSA) is 82.3 Å². The van der Waals surface area contributed by atoms with Gasteiger partial charge in [-0.2, -0.15) is 0 Å². The van der Waals surface area contributed by atoms with Crippen LogP contribution in [0.1, 0.15) is 12.0 Å². The molecule has 0 spiro atoms. The number of rotatable bonds is 3. The lowest BCUT2D eigenvalue weighted by Crippen LogP contribution is -2.16. The Bertz CT molecular complexity index is 507. The predicted octanol–water partition coefficient (Wildman–Crippen LogP) is 1.44. The number of methoxy groups -OCH3 is 1. The summed E-state index contributed by atoms with van der Waals surface area (Å²) in [6.07, 6.45) is -3.00. The summed E-state index contributed by atoms with van der Waals surface area (Å²) in [5.41, 5.74) is -0.749. The molecule has 0 bridgehead atoms. The molecular formula is C7H7BrF2N2O3S. The van der Waals surface area contributed by atoms with Crippen LogP contribution in [0.2, 0.25) is 0 Å². The van der Waals surface area contributed by atoms with Crippen LogP contribution in [-0.4, -0.2) is 20.5 Å². The molecule has 0 fully saturated rings. The molecule has 0 saturated heterocycles. The molecule has 1 rings (SSSR count). The van der Waals surface area contributed by atoms with Crippen LogP contribution >= 0.6 is 15.9 Å². The maximum absolute atomic E-state index is 12.6. The monoisotopic (exact) mass is 316 g/mol. The van der Waals surface area contributed by atoms with Crippen molar-refractivity contribution in [1.82, 2.24) is 4.98 Å². The van der Waals surface area contributed by atoms with E-state index in [1.807, 2.05) is 0 Å². The highest BCUT2D eigenvalue weighted by Crippen LogP contribution is 2.33. The van der Waals surface area contributed by atoms with Crippen LogP contribution in [0.4, 0.5) is 8.78 Å². The first-order valence-corrected chi connectivity index (χ1v) is 6.16. The van der Waals surface area contributed by atoms with Gasteiger partial charge in [0.2, 0.25) is 15.9 Å². The highest BCUT2D eigenvalue weighted by Gasteiger charge is 2.26. The average Bonchev–Trinajstić information content (AvgIpc) is 2.14. The van der Waals surface area contributed by atoms with Crippen LogP contribution in [0.25, 0.3) is 0 Å². The third-order valence-corrected chi connectivity index (χ3v) is 3.50. The fourth-order valence-corrected chi connectivity index (χ4v) is 2.88. The molecule has 0 unspecified atom stereocenters. The first-order valence-electron chi connectivity index (χ1n) is 3.82. The number of halogens is 3. The van der Waals surface area contributed by atoms with Gasteiger partial charge >= 0.3 is 0 Å². The second kappa shape index (κ2) is 4.60. The average molecular weight is 317 g/mol. The third kappa shape index (κ3) is 2.66. The van der Waals surface area contributed by atoms with Gasteiger partial charge in [-0.15, -0.1) is 0 Å². The molecule has 1 heterocycles. The molecule has 2 N–H and O–H groups in total. The van der Waals surface area contributed by atoms with Crippen LogP contribution in [0.3, 0.4) is 0 Å². The second-order valence-corrected chi connectivity index (χ2v) is 4.97. The van der Waals surface area contributed by atoms with Crippen molar-refractivity contribution in [2.75, 3.05) is 7.11 Å². The van der Waals surface area contributed by atoms with Crippen molar-refractivity contribution in [2.24, 2.45) is 5.14 Å². The van der Waals surface area contributed by atoms with Crippen molar-refractivity contribution in [3.05, 3.63) is 16.2 Å². The Hall–Kier alpha value is -0.800. The van der Waals surface area contributed by atoms with Gasteiger partial charge < -0.3 is 4.74 Å². The van der Waals surface area contributed by atoms with E-state index in [1.165, 1.54) is 7.11 Å².